The molecule has 1 saturated carbocycles. The molecule has 0 radical (unpaired) electrons. The van der Waals surface area contributed by atoms with Crippen LogP contribution in [-0.2, 0) is 0 Å². The molecular weight excluding hydrogens is 262 g/mol. The first-order valence-corrected chi connectivity index (χ1v) is 7.06. The van der Waals surface area contributed by atoms with Crippen LogP contribution in [0.15, 0.2) is 18.2 Å². The molecule has 0 aliphatic heterocycles. The van der Waals surface area contributed by atoms with Crippen LogP contribution in [0.2, 0.25) is 0 Å². The molecule has 1 aromatic carbocycles. The van der Waals surface area contributed by atoms with Crippen molar-refractivity contribution in [3.63, 3.8) is 0 Å². The monoisotopic (exact) mass is 284 g/mol. The van der Waals surface area contributed by atoms with Gasteiger partial charge in [0.25, 0.3) is 0 Å². The summed E-state index contributed by atoms with van der Waals surface area (Å²) in [6.07, 6.45) is 1.31. The number of hydrogen-bond acceptors (Lipinski definition) is 2. The first kappa shape index (κ1) is 15.2. The predicted octanol–water partition coefficient (Wildman–Crippen LogP) is 3.92. The lowest BCUT2D eigenvalue weighted by Crippen LogP contribution is -2.41. The summed E-state index contributed by atoms with van der Waals surface area (Å²) in [4.78, 5) is 0. The molecule has 3 atom stereocenters. The van der Waals surface area contributed by atoms with E-state index in [1.807, 2.05) is 0 Å². The van der Waals surface area contributed by atoms with Crippen molar-refractivity contribution in [2.24, 2.45) is 11.3 Å². The lowest BCUT2D eigenvalue weighted by Gasteiger charge is -2.39. The summed E-state index contributed by atoms with van der Waals surface area (Å²) in [6, 6.07) is 3.11. The minimum Gasteiger partial charge on any atom is -0.488 e. The molecule has 2 rings (SSSR count). The highest BCUT2D eigenvalue weighted by Gasteiger charge is 2.36. The van der Waals surface area contributed by atoms with E-state index in [1.165, 1.54) is 0 Å². The van der Waals surface area contributed by atoms with Gasteiger partial charge in [-0.2, -0.15) is 0 Å². The van der Waals surface area contributed by atoms with Gasteiger partial charge in [-0.3, -0.25) is 0 Å². The minimum absolute atomic E-state index is 0.134. The predicted molar refractivity (Wildman–Crippen MR) is 73.6 cm³/mol. The molecule has 0 heterocycles. The van der Waals surface area contributed by atoms with Crippen LogP contribution >= 0.6 is 0 Å². The van der Waals surface area contributed by atoms with Crippen LogP contribution in [0.3, 0.4) is 0 Å². The maximum absolute atomic E-state index is 13.2. The highest BCUT2D eigenvalue weighted by atomic mass is 19.1. The number of benzene rings is 1. The zero-order valence-electron chi connectivity index (χ0n) is 12.2. The van der Waals surface area contributed by atoms with Crippen LogP contribution in [-0.4, -0.2) is 17.3 Å². The smallest absolute Gasteiger partial charge is 0.129 e. The fourth-order valence-corrected chi connectivity index (χ4v) is 2.80. The molecule has 1 aliphatic rings. The third kappa shape index (κ3) is 3.69. The average Bonchev–Trinajstić information content (AvgIpc) is 2.29. The SMILES string of the molecule is CC(C)(C)C1CCC(O)C(Oc2cc(F)cc(F)c2)C1. The maximum Gasteiger partial charge on any atom is 0.129 e. The van der Waals surface area contributed by atoms with E-state index in [1.54, 1.807) is 0 Å². The molecule has 0 bridgehead atoms. The van der Waals surface area contributed by atoms with Gasteiger partial charge in [0.15, 0.2) is 0 Å². The van der Waals surface area contributed by atoms with Crippen molar-refractivity contribution in [1.82, 2.24) is 0 Å². The molecule has 1 aliphatic carbocycles. The molecule has 2 nitrogen and oxygen atoms in total. The maximum atomic E-state index is 13.2. The van der Waals surface area contributed by atoms with E-state index in [-0.39, 0.29) is 11.2 Å². The van der Waals surface area contributed by atoms with E-state index in [2.05, 4.69) is 20.8 Å². The van der Waals surface area contributed by atoms with Gasteiger partial charge in [-0.15, -0.1) is 0 Å². The normalized spacial score (nSPS) is 27.4. The number of aliphatic hydroxyl groups is 1. The molecule has 1 aromatic rings. The number of aliphatic hydroxyl groups excluding tert-OH is 1. The number of rotatable bonds is 2. The summed E-state index contributed by atoms with van der Waals surface area (Å²) in [5.41, 5.74) is 0.134. The van der Waals surface area contributed by atoms with Gasteiger partial charge < -0.3 is 9.84 Å². The lowest BCUT2D eigenvalue weighted by atomic mass is 9.71. The highest BCUT2D eigenvalue weighted by molar-refractivity contribution is 5.24. The van der Waals surface area contributed by atoms with E-state index < -0.39 is 23.8 Å². The van der Waals surface area contributed by atoms with Gasteiger partial charge in [0.05, 0.1) is 6.10 Å². The Morgan fingerprint density at radius 3 is 2.25 bits per heavy atom. The molecule has 0 amide bonds. The van der Waals surface area contributed by atoms with Crippen molar-refractivity contribution < 1.29 is 18.6 Å². The largest absolute Gasteiger partial charge is 0.488 e. The third-order valence-electron chi connectivity index (χ3n) is 4.11. The molecule has 0 saturated heterocycles. The van der Waals surface area contributed by atoms with Crippen LogP contribution in [0.1, 0.15) is 40.0 Å². The Labute approximate surface area is 118 Å². The second kappa shape index (κ2) is 5.68. The van der Waals surface area contributed by atoms with Gasteiger partial charge in [-0.1, -0.05) is 20.8 Å². The Bertz CT molecular complexity index is 448. The van der Waals surface area contributed by atoms with Crippen molar-refractivity contribution >= 4 is 0 Å². The Balaban J connectivity index is 2.10. The zero-order valence-corrected chi connectivity index (χ0v) is 12.2. The van der Waals surface area contributed by atoms with Crippen LogP contribution in [0.4, 0.5) is 8.78 Å². The Hall–Kier alpha value is -1.16. The van der Waals surface area contributed by atoms with Crippen LogP contribution < -0.4 is 4.74 Å². The molecule has 3 unspecified atom stereocenters. The minimum atomic E-state index is -0.669. The summed E-state index contributed by atoms with van der Waals surface area (Å²) in [5, 5.41) is 10.0. The Morgan fingerprint density at radius 1 is 1.10 bits per heavy atom. The first-order chi connectivity index (χ1) is 9.25. The van der Waals surface area contributed by atoms with E-state index in [0.29, 0.717) is 18.8 Å². The van der Waals surface area contributed by atoms with E-state index >= 15 is 0 Å². The Kier molecular flexibility index (Phi) is 4.33. The molecular formula is C16H22F2O2. The number of halogens is 2. The van der Waals surface area contributed by atoms with Gasteiger partial charge in [0, 0.05) is 18.2 Å². The molecule has 0 spiro atoms. The van der Waals surface area contributed by atoms with Crippen LogP contribution in [0.5, 0.6) is 5.75 Å². The van der Waals surface area contributed by atoms with Gasteiger partial charge in [-0.25, -0.2) is 8.78 Å². The summed E-state index contributed by atoms with van der Waals surface area (Å²) in [6.45, 7) is 6.48. The molecule has 0 aromatic heterocycles. The third-order valence-corrected chi connectivity index (χ3v) is 4.11. The zero-order chi connectivity index (χ0) is 14.9. The second-order valence-corrected chi connectivity index (χ2v) is 6.70. The fraction of sp³-hybridized carbons (Fsp3) is 0.625. The fourth-order valence-electron chi connectivity index (χ4n) is 2.80. The summed E-state index contributed by atoms with van der Waals surface area (Å²) in [5.74, 6) is -0.772. The lowest BCUT2D eigenvalue weighted by molar-refractivity contribution is -0.0299. The molecule has 4 heteroatoms. The topological polar surface area (TPSA) is 29.5 Å². The summed E-state index contributed by atoms with van der Waals surface area (Å²) in [7, 11) is 0. The number of hydrogen-bond donors (Lipinski definition) is 1. The van der Waals surface area contributed by atoms with Crippen LogP contribution in [0.25, 0.3) is 0 Å². The van der Waals surface area contributed by atoms with E-state index in [0.717, 1.165) is 24.6 Å². The van der Waals surface area contributed by atoms with Crippen molar-refractivity contribution in [1.29, 1.82) is 0 Å². The first-order valence-electron chi connectivity index (χ1n) is 7.06. The van der Waals surface area contributed by atoms with Gasteiger partial charge in [0.1, 0.15) is 23.5 Å². The van der Waals surface area contributed by atoms with Crippen molar-refractivity contribution in [2.45, 2.75) is 52.2 Å². The van der Waals surface area contributed by atoms with Crippen molar-refractivity contribution in [2.75, 3.05) is 0 Å². The van der Waals surface area contributed by atoms with Crippen molar-refractivity contribution in [3.8, 4) is 5.75 Å². The molecule has 1 fully saturated rings. The molecule has 20 heavy (non-hydrogen) atoms. The van der Waals surface area contributed by atoms with E-state index in [4.69, 9.17) is 4.74 Å². The van der Waals surface area contributed by atoms with E-state index in [9.17, 15) is 13.9 Å². The van der Waals surface area contributed by atoms with Crippen LogP contribution in [0, 0.1) is 23.0 Å². The van der Waals surface area contributed by atoms with Gasteiger partial charge >= 0.3 is 0 Å². The van der Waals surface area contributed by atoms with Gasteiger partial charge in [0.2, 0.25) is 0 Å². The summed E-state index contributed by atoms with van der Waals surface area (Å²) < 4.78 is 32.0. The van der Waals surface area contributed by atoms with Crippen molar-refractivity contribution in [3.05, 3.63) is 29.8 Å². The standard InChI is InChI=1S/C16H22F2O2/c1-16(2,3)10-4-5-14(19)15(6-10)20-13-8-11(17)7-12(18)9-13/h7-10,14-15,19H,4-6H2,1-3H3. The molecule has 1 N–H and O–H groups in total. The Morgan fingerprint density at radius 2 is 1.70 bits per heavy atom. The van der Waals surface area contributed by atoms with Gasteiger partial charge in [-0.05, 0) is 30.6 Å². The average molecular weight is 284 g/mol. The summed E-state index contributed by atoms with van der Waals surface area (Å²) >= 11 is 0. The second-order valence-electron chi connectivity index (χ2n) is 6.70. The highest BCUT2D eigenvalue weighted by Crippen LogP contribution is 2.39. The quantitative estimate of drug-likeness (QED) is 0.892. The molecule has 112 valence electrons. The number of ether oxygens (including phenoxy) is 1.